The predicted molar refractivity (Wildman–Crippen MR) is 270 cm³/mol. The van der Waals surface area contributed by atoms with Gasteiger partial charge in [-0.1, -0.05) is 236 Å². The van der Waals surface area contributed by atoms with Crippen LogP contribution in [-0.4, -0.2) is 37.9 Å². The van der Waals surface area contributed by atoms with E-state index in [4.69, 9.17) is 14.2 Å². The minimum absolute atomic E-state index is 0.0592. The molecule has 0 spiro atoms. The molecular formula is C57H104O5. The fourth-order valence-corrected chi connectivity index (χ4v) is 7.76. The van der Waals surface area contributed by atoms with Crippen molar-refractivity contribution in [3.63, 3.8) is 0 Å². The summed E-state index contributed by atoms with van der Waals surface area (Å²) < 4.78 is 17.4. The lowest BCUT2D eigenvalue weighted by molar-refractivity contribution is -0.163. The zero-order valence-corrected chi connectivity index (χ0v) is 41.6. The van der Waals surface area contributed by atoms with Crippen LogP contribution in [0, 0.1) is 0 Å². The summed E-state index contributed by atoms with van der Waals surface area (Å²) in [6.45, 7) is 7.79. The number of esters is 2. The van der Waals surface area contributed by atoms with Gasteiger partial charge in [-0.2, -0.15) is 0 Å². The molecule has 0 rings (SSSR count). The van der Waals surface area contributed by atoms with Crippen molar-refractivity contribution in [3.05, 3.63) is 48.6 Å². The second-order valence-electron chi connectivity index (χ2n) is 18.1. The number of carbonyl (C=O) groups is 2. The third-order valence-electron chi connectivity index (χ3n) is 11.8. The minimum Gasteiger partial charge on any atom is -0.462 e. The summed E-state index contributed by atoms with van der Waals surface area (Å²) in [5.41, 5.74) is 0. The van der Waals surface area contributed by atoms with E-state index in [1.54, 1.807) is 0 Å². The lowest BCUT2D eigenvalue weighted by Gasteiger charge is -2.18. The zero-order valence-electron chi connectivity index (χ0n) is 41.6. The lowest BCUT2D eigenvalue weighted by atomic mass is 10.0. The van der Waals surface area contributed by atoms with Gasteiger partial charge in [0.05, 0.1) is 6.61 Å². The van der Waals surface area contributed by atoms with Crippen LogP contribution in [0.5, 0.6) is 0 Å². The first-order chi connectivity index (χ1) is 30.6. The topological polar surface area (TPSA) is 61.8 Å². The molecule has 0 heterocycles. The molecule has 0 aromatic heterocycles. The maximum atomic E-state index is 12.8. The van der Waals surface area contributed by atoms with Gasteiger partial charge in [0.2, 0.25) is 0 Å². The average molecular weight is 869 g/mol. The van der Waals surface area contributed by atoms with E-state index in [-0.39, 0.29) is 25.2 Å². The molecule has 0 saturated carbocycles. The van der Waals surface area contributed by atoms with Gasteiger partial charge in [0.1, 0.15) is 6.61 Å². The summed E-state index contributed by atoms with van der Waals surface area (Å²) in [7, 11) is 0. The van der Waals surface area contributed by atoms with E-state index in [1.807, 2.05) is 0 Å². The number of hydrogen-bond donors (Lipinski definition) is 0. The summed E-state index contributed by atoms with van der Waals surface area (Å²) in [6, 6.07) is 0. The highest BCUT2D eigenvalue weighted by molar-refractivity contribution is 5.70. The highest BCUT2D eigenvalue weighted by Gasteiger charge is 2.17. The van der Waals surface area contributed by atoms with Crippen molar-refractivity contribution < 1.29 is 23.8 Å². The first-order valence-corrected chi connectivity index (χ1v) is 27.2. The Bertz CT molecular complexity index is 1030. The maximum absolute atomic E-state index is 12.8. The molecule has 0 aromatic rings. The van der Waals surface area contributed by atoms with Gasteiger partial charge in [0, 0.05) is 19.4 Å². The molecule has 5 heteroatoms. The van der Waals surface area contributed by atoms with Crippen molar-refractivity contribution >= 4 is 11.9 Å². The zero-order chi connectivity index (χ0) is 44.9. The highest BCUT2D eigenvalue weighted by Crippen LogP contribution is 2.15. The second-order valence-corrected chi connectivity index (χ2v) is 18.1. The Morgan fingerprint density at radius 2 is 0.694 bits per heavy atom. The summed E-state index contributed by atoms with van der Waals surface area (Å²) in [5, 5.41) is 0. The standard InChI is InChI=1S/C57H104O5/c1-4-7-10-13-16-19-22-25-27-29-30-33-35-38-41-44-47-50-56(58)61-54-55(62-57(59)51-48-45-42-39-36-32-24-21-18-15-12-9-6-3)53-60-52-49-46-43-40-37-34-31-28-26-23-20-17-14-11-8-5-2/h21,24-25,27,30,33,38,41,55H,4-20,22-23,26,28-29,31-32,34-37,39-40,42-54H2,1-3H3/b24-21-,27-25-,33-30-,41-38-/t55-/m1/s1. The average Bonchev–Trinajstić information content (AvgIpc) is 3.27. The summed E-state index contributed by atoms with van der Waals surface area (Å²) in [4.78, 5) is 25.4. The van der Waals surface area contributed by atoms with Gasteiger partial charge in [0.25, 0.3) is 0 Å². The molecule has 0 fully saturated rings. The summed E-state index contributed by atoms with van der Waals surface area (Å²) in [6.07, 6.45) is 65.6. The van der Waals surface area contributed by atoms with E-state index in [1.165, 1.54) is 180 Å². The number of unbranched alkanes of at least 4 members (excludes halogenated alkanes) is 31. The van der Waals surface area contributed by atoms with Crippen molar-refractivity contribution in [2.45, 2.75) is 284 Å². The Morgan fingerprint density at radius 3 is 1.16 bits per heavy atom. The Hall–Kier alpha value is -2.14. The van der Waals surface area contributed by atoms with Crippen molar-refractivity contribution in [1.82, 2.24) is 0 Å². The molecule has 1 atom stereocenters. The maximum Gasteiger partial charge on any atom is 0.306 e. The van der Waals surface area contributed by atoms with E-state index in [9.17, 15) is 9.59 Å². The van der Waals surface area contributed by atoms with E-state index >= 15 is 0 Å². The fourth-order valence-electron chi connectivity index (χ4n) is 7.76. The van der Waals surface area contributed by atoms with Crippen LogP contribution in [0.3, 0.4) is 0 Å². The van der Waals surface area contributed by atoms with Crippen LogP contribution >= 0.6 is 0 Å². The van der Waals surface area contributed by atoms with Gasteiger partial charge >= 0.3 is 11.9 Å². The molecule has 0 aliphatic rings. The molecule has 362 valence electrons. The van der Waals surface area contributed by atoms with E-state index in [0.717, 1.165) is 64.2 Å². The Balaban J connectivity index is 4.31. The molecule has 0 aliphatic heterocycles. The van der Waals surface area contributed by atoms with Crippen LogP contribution in [0.2, 0.25) is 0 Å². The van der Waals surface area contributed by atoms with Crippen LogP contribution in [0.1, 0.15) is 278 Å². The first-order valence-electron chi connectivity index (χ1n) is 27.2. The van der Waals surface area contributed by atoms with Crippen molar-refractivity contribution in [3.8, 4) is 0 Å². The van der Waals surface area contributed by atoms with Gasteiger partial charge < -0.3 is 14.2 Å². The summed E-state index contributed by atoms with van der Waals surface area (Å²) in [5.74, 6) is -0.456. The minimum atomic E-state index is -0.557. The highest BCUT2D eigenvalue weighted by atomic mass is 16.6. The number of ether oxygens (including phenoxy) is 3. The number of hydrogen-bond acceptors (Lipinski definition) is 5. The molecule has 0 N–H and O–H groups in total. The van der Waals surface area contributed by atoms with E-state index < -0.39 is 6.10 Å². The number of rotatable bonds is 50. The molecule has 5 nitrogen and oxygen atoms in total. The predicted octanol–water partition coefficient (Wildman–Crippen LogP) is 18.3. The van der Waals surface area contributed by atoms with Gasteiger partial charge in [-0.3, -0.25) is 9.59 Å². The molecule has 0 amide bonds. The van der Waals surface area contributed by atoms with Crippen molar-refractivity contribution in [2.24, 2.45) is 0 Å². The molecule has 0 radical (unpaired) electrons. The van der Waals surface area contributed by atoms with Gasteiger partial charge in [-0.05, 0) is 77.0 Å². The quantitative estimate of drug-likeness (QED) is 0.0346. The van der Waals surface area contributed by atoms with Gasteiger partial charge in [-0.25, -0.2) is 0 Å². The van der Waals surface area contributed by atoms with Crippen molar-refractivity contribution in [1.29, 1.82) is 0 Å². The molecular weight excluding hydrogens is 765 g/mol. The smallest absolute Gasteiger partial charge is 0.306 e. The van der Waals surface area contributed by atoms with Crippen LogP contribution in [0.25, 0.3) is 0 Å². The van der Waals surface area contributed by atoms with E-state index in [2.05, 4.69) is 69.4 Å². The molecule has 0 unspecified atom stereocenters. The molecule has 0 bridgehead atoms. The van der Waals surface area contributed by atoms with E-state index in [0.29, 0.717) is 19.4 Å². The monoisotopic (exact) mass is 869 g/mol. The Kier molecular flexibility index (Phi) is 51.4. The SMILES string of the molecule is CCCCCC/C=C\CCCCCCCC(=O)O[C@H](COCCCCCCCCCCCCCCCCCC)COC(=O)CCC/C=C\C/C=C\C/C=C\CCCCCCCC. The Labute approximate surface area is 386 Å². The summed E-state index contributed by atoms with van der Waals surface area (Å²) >= 11 is 0. The fraction of sp³-hybridized carbons (Fsp3) is 0.825. The molecule has 0 saturated heterocycles. The molecule has 62 heavy (non-hydrogen) atoms. The lowest BCUT2D eigenvalue weighted by Crippen LogP contribution is -2.30. The molecule has 0 aliphatic carbocycles. The van der Waals surface area contributed by atoms with Crippen LogP contribution in [0.15, 0.2) is 48.6 Å². The van der Waals surface area contributed by atoms with Crippen LogP contribution < -0.4 is 0 Å². The van der Waals surface area contributed by atoms with Gasteiger partial charge in [-0.15, -0.1) is 0 Å². The second kappa shape index (κ2) is 53.2. The molecule has 0 aromatic carbocycles. The largest absolute Gasteiger partial charge is 0.462 e. The van der Waals surface area contributed by atoms with Gasteiger partial charge in [0.15, 0.2) is 6.10 Å². The normalized spacial score (nSPS) is 12.5. The third kappa shape index (κ3) is 50.5. The van der Waals surface area contributed by atoms with Crippen LogP contribution in [-0.2, 0) is 23.8 Å². The van der Waals surface area contributed by atoms with Crippen molar-refractivity contribution in [2.75, 3.05) is 19.8 Å². The number of allylic oxidation sites excluding steroid dienone is 8. The van der Waals surface area contributed by atoms with Crippen LogP contribution in [0.4, 0.5) is 0 Å². The Morgan fingerprint density at radius 1 is 0.355 bits per heavy atom. The first kappa shape index (κ1) is 59.9. The third-order valence-corrected chi connectivity index (χ3v) is 11.8. The number of carbonyl (C=O) groups excluding carboxylic acids is 2.